The molecular weight excluding hydrogens is 509 g/mol. The van der Waals surface area contributed by atoms with E-state index in [-0.39, 0.29) is 33.2 Å². The lowest BCUT2D eigenvalue weighted by molar-refractivity contribution is -0.139. The van der Waals surface area contributed by atoms with Gasteiger partial charge in [-0.2, -0.15) is 0 Å². The third-order valence-electron chi connectivity index (χ3n) is 5.06. The molecule has 1 atom stereocenters. The van der Waals surface area contributed by atoms with Crippen LogP contribution in [0.1, 0.15) is 25.0 Å². The van der Waals surface area contributed by atoms with Gasteiger partial charge in [0.05, 0.1) is 27.0 Å². The number of sulfonamides is 1. The SMILES string of the molecule is CCNC(=O)[C@@H](C)N(Cc1ccccc1C)C(=O)CN(c1cc(Cl)c(Cl)cc1Cl)S(C)(=O)=O. The van der Waals surface area contributed by atoms with Crippen molar-refractivity contribution >= 4 is 62.3 Å². The van der Waals surface area contributed by atoms with E-state index in [0.717, 1.165) is 21.7 Å². The molecule has 0 aromatic heterocycles. The molecule has 2 aromatic carbocycles. The standard InChI is InChI=1S/C22H26Cl3N3O4S/c1-5-26-22(30)15(3)27(12-16-9-7-6-8-14(16)2)21(29)13-28(33(4,31)32)20-11-18(24)17(23)10-19(20)25/h6-11,15H,5,12-13H2,1-4H3,(H,26,30)/t15-/m1/s1. The maximum absolute atomic E-state index is 13.4. The predicted molar refractivity (Wildman–Crippen MR) is 134 cm³/mol. The van der Waals surface area contributed by atoms with Crippen LogP contribution in [0.2, 0.25) is 15.1 Å². The van der Waals surface area contributed by atoms with E-state index in [2.05, 4.69) is 5.32 Å². The zero-order valence-electron chi connectivity index (χ0n) is 18.7. The Balaban J connectivity index is 2.47. The second kappa shape index (κ2) is 11.4. The number of nitrogens with zero attached hydrogens (tertiary/aromatic N) is 2. The van der Waals surface area contributed by atoms with Crippen LogP contribution in [0, 0.1) is 6.92 Å². The van der Waals surface area contributed by atoms with Crippen molar-refractivity contribution in [2.24, 2.45) is 0 Å². The van der Waals surface area contributed by atoms with Gasteiger partial charge in [-0.3, -0.25) is 13.9 Å². The molecule has 0 aliphatic heterocycles. The number of halogens is 3. The predicted octanol–water partition coefficient (Wildman–Crippen LogP) is 4.27. The maximum Gasteiger partial charge on any atom is 0.244 e. The van der Waals surface area contributed by atoms with Gasteiger partial charge in [0.25, 0.3) is 0 Å². The minimum absolute atomic E-state index is 0.0171. The molecule has 2 amide bonds. The molecule has 33 heavy (non-hydrogen) atoms. The molecule has 0 bridgehead atoms. The molecule has 0 fully saturated rings. The van der Waals surface area contributed by atoms with Gasteiger partial charge in [-0.1, -0.05) is 59.1 Å². The summed E-state index contributed by atoms with van der Waals surface area (Å²) in [6.45, 7) is 5.20. The molecule has 0 saturated heterocycles. The monoisotopic (exact) mass is 533 g/mol. The van der Waals surface area contributed by atoms with E-state index in [1.807, 2.05) is 31.2 Å². The van der Waals surface area contributed by atoms with Gasteiger partial charge in [0.1, 0.15) is 12.6 Å². The summed E-state index contributed by atoms with van der Waals surface area (Å²) in [6, 6.07) is 9.21. The number of hydrogen-bond acceptors (Lipinski definition) is 4. The molecule has 2 aromatic rings. The average molecular weight is 535 g/mol. The van der Waals surface area contributed by atoms with E-state index in [1.54, 1.807) is 13.8 Å². The first kappa shape index (κ1) is 27.2. The average Bonchev–Trinajstić information content (AvgIpc) is 2.73. The highest BCUT2D eigenvalue weighted by Gasteiger charge is 2.31. The molecule has 0 saturated carbocycles. The zero-order chi connectivity index (χ0) is 24.9. The van der Waals surface area contributed by atoms with Crippen LogP contribution < -0.4 is 9.62 Å². The Hall–Kier alpha value is -2.00. The first-order valence-electron chi connectivity index (χ1n) is 10.1. The van der Waals surface area contributed by atoms with Gasteiger partial charge in [-0.25, -0.2) is 8.42 Å². The van der Waals surface area contributed by atoms with E-state index in [1.165, 1.54) is 17.0 Å². The number of amides is 2. The molecule has 0 aliphatic rings. The Labute approximate surface area is 209 Å². The van der Waals surface area contributed by atoms with Crippen LogP contribution in [0.5, 0.6) is 0 Å². The van der Waals surface area contributed by atoms with Crippen molar-refractivity contribution in [3.8, 4) is 0 Å². The van der Waals surface area contributed by atoms with Crippen LogP contribution in [0.15, 0.2) is 36.4 Å². The van der Waals surface area contributed by atoms with Crippen molar-refractivity contribution < 1.29 is 18.0 Å². The lowest BCUT2D eigenvalue weighted by Crippen LogP contribution is -2.51. The summed E-state index contributed by atoms with van der Waals surface area (Å²) in [5.41, 5.74) is 1.79. The molecule has 11 heteroatoms. The summed E-state index contributed by atoms with van der Waals surface area (Å²) >= 11 is 18.3. The van der Waals surface area contributed by atoms with Gasteiger partial charge < -0.3 is 10.2 Å². The van der Waals surface area contributed by atoms with Gasteiger partial charge in [-0.05, 0) is 44.0 Å². The molecule has 2 rings (SSSR count). The van der Waals surface area contributed by atoms with E-state index < -0.39 is 28.5 Å². The fourth-order valence-electron chi connectivity index (χ4n) is 3.17. The molecule has 180 valence electrons. The number of likely N-dealkylation sites (N-methyl/N-ethyl adjacent to an activating group) is 1. The Bertz CT molecular complexity index is 1140. The van der Waals surface area contributed by atoms with Gasteiger partial charge >= 0.3 is 0 Å². The minimum atomic E-state index is -3.94. The fourth-order valence-corrected chi connectivity index (χ4v) is 4.72. The lowest BCUT2D eigenvalue weighted by atomic mass is 10.1. The van der Waals surface area contributed by atoms with Crippen LogP contribution in [0.4, 0.5) is 5.69 Å². The lowest BCUT2D eigenvalue weighted by Gasteiger charge is -2.32. The molecular formula is C22H26Cl3N3O4S. The highest BCUT2D eigenvalue weighted by Crippen LogP contribution is 2.35. The second-order valence-electron chi connectivity index (χ2n) is 7.51. The van der Waals surface area contributed by atoms with Crippen LogP contribution >= 0.6 is 34.8 Å². The van der Waals surface area contributed by atoms with Crippen molar-refractivity contribution in [2.75, 3.05) is 23.7 Å². The number of hydrogen-bond donors (Lipinski definition) is 1. The molecule has 1 N–H and O–H groups in total. The first-order chi connectivity index (χ1) is 15.4. The molecule has 0 unspecified atom stereocenters. The topological polar surface area (TPSA) is 86.8 Å². The van der Waals surface area contributed by atoms with Crippen molar-refractivity contribution in [2.45, 2.75) is 33.4 Å². The van der Waals surface area contributed by atoms with E-state index >= 15 is 0 Å². The third-order valence-corrected chi connectivity index (χ3v) is 7.21. The summed E-state index contributed by atoms with van der Waals surface area (Å²) in [4.78, 5) is 27.3. The largest absolute Gasteiger partial charge is 0.355 e. The Morgan fingerprint density at radius 3 is 2.24 bits per heavy atom. The molecule has 0 spiro atoms. The van der Waals surface area contributed by atoms with Crippen LogP contribution in [0.25, 0.3) is 0 Å². The van der Waals surface area contributed by atoms with Crippen molar-refractivity contribution in [1.82, 2.24) is 10.2 Å². The highest BCUT2D eigenvalue weighted by atomic mass is 35.5. The number of benzene rings is 2. The molecule has 0 heterocycles. The number of carbonyl (C=O) groups is 2. The summed E-state index contributed by atoms with van der Waals surface area (Å²) in [5.74, 6) is -0.928. The quantitative estimate of drug-likeness (QED) is 0.487. The molecule has 0 radical (unpaired) electrons. The Morgan fingerprint density at radius 2 is 1.67 bits per heavy atom. The van der Waals surface area contributed by atoms with Crippen LogP contribution in [-0.2, 0) is 26.2 Å². The number of nitrogens with one attached hydrogen (secondary N) is 1. The van der Waals surface area contributed by atoms with E-state index in [0.29, 0.717) is 6.54 Å². The van der Waals surface area contributed by atoms with E-state index in [9.17, 15) is 18.0 Å². The number of rotatable bonds is 9. The fraction of sp³-hybridized carbons (Fsp3) is 0.364. The van der Waals surface area contributed by atoms with Crippen molar-refractivity contribution in [1.29, 1.82) is 0 Å². The molecule has 7 nitrogen and oxygen atoms in total. The van der Waals surface area contributed by atoms with Gasteiger partial charge in [0.2, 0.25) is 21.8 Å². The Morgan fingerprint density at radius 1 is 1.06 bits per heavy atom. The summed E-state index contributed by atoms with van der Waals surface area (Å²) in [6.07, 6.45) is 0.956. The van der Waals surface area contributed by atoms with Crippen LogP contribution in [0.3, 0.4) is 0 Å². The normalized spacial score (nSPS) is 12.2. The van der Waals surface area contributed by atoms with Crippen molar-refractivity contribution in [3.05, 3.63) is 62.6 Å². The summed E-state index contributed by atoms with van der Waals surface area (Å²) in [7, 11) is -3.94. The maximum atomic E-state index is 13.4. The van der Waals surface area contributed by atoms with Gasteiger partial charge in [0, 0.05) is 13.1 Å². The van der Waals surface area contributed by atoms with Crippen LogP contribution in [-0.4, -0.2) is 50.5 Å². The number of anilines is 1. The molecule has 0 aliphatic carbocycles. The first-order valence-corrected chi connectivity index (χ1v) is 13.1. The van der Waals surface area contributed by atoms with Crippen molar-refractivity contribution in [3.63, 3.8) is 0 Å². The minimum Gasteiger partial charge on any atom is -0.355 e. The number of carbonyl (C=O) groups excluding carboxylic acids is 2. The van der Waals surface area contributed by atoms with Gasteiger partial charge in [-0.15, -0.1) is 0 Å². The second-order valence-corrected chi connectivity index (χ2v) is 10.6. The smallest absolute Gasteiger partial charge is 0.244 e. The van der Waals surface area contributed by atoms with E-state index in [4.69, 9.17) is 34.8 Å². The third kappa shape index (κ3) is 6.99. The summed E-state index contributed by atoms with van der Waals surface area (Å²) < 4.78 is 26.1. The highest BCUT2D eigenvalue weighted by molar-refractivity contribution is 7.92. The number of aryl methyl sites for hydroxylation is 1. The Kier molecular flexibility index (Phi) is 9.43. The zero-order valence-corrected chi connectivity index (χ0v) is 21.8. The summed E-state index contributed by atoms with van der Waals surface area (Å²) in [5, 5.41) is 2.96. The van der Waals surface area contributed by atoms with Gasteiger partial charge in [0.15, 0.2) is 0 Å².